The fraction of sp³-hybridized carbons (Fsp3) is 0.375. The summed E-state index contributed by atoms with van der Waals surface area (Å²) in [5.74, 6) is -1.22. The van der Waals surface area contributed by atoms with E-state index < -0.39 is 5.97 Å². The van der Waals surface area contributed by atoms with Crippen LogP contribution in [0.4, 0.5) is 0 Å². The summed E-state index contributed by atoms with van der Waals surface area (Å²) in [7, 11) is 0. The summed E-state index contributed by atoms with van der Waals surface area (Å²) >= 11 is 0. The molecule has 0 fully saturated rings. The minimum Gasteiger partial charge on any atom is -0.543 e. The Bertz CT molecular complexity index is 302. The van der Waals surface area contributed by atoms with Crippen LogP contribution >= 0.6 is 0 Å². The van der Waals surface area contributed by atoms with E-state index in [9.17, 15) is 9.90 Å². The molecule has 1 aromatic rings. The number of carbonyl (C=O) groups excluding carboxylic acids is 1. The molecule has 0 N–H and O–H groups in total. The van der Waals surface area contributed by atoms with Gasteiger partial charge in [0.1, 0.15) is 5.69 Å². The van der Waals surface area contributed by atoms with Crippen molar-refractivity contribution in [1.29, 1.82) is 0 Å². The molecule has 0 unspecified atom stereocenters. The van der Waals surface area contributed by atoms with Crippen LogP contribution in [0.15, 0.2) is 12.4 Å². The third-order valence-electron chi connectivity index (χ3n) is 1.47. The zero-order valence-corrected chi connectivity index (χ0v) is 7.94. The summed E-state index contributed by atoms with van der Waals surface area (Å²) in [6.45, 7) is 3.72. The summed E-state index contributed by atoms with van der Waals surface area (Å²) < 4.78 is 0. The number of rotatable bonds is 2. The van der Waals surface area contributed by atoms with Crippen molar-refractivity contribution in [3.63, 3.8) is 0 Å². The predicted octanol–water partition coefficient (Wildman–Crippen LogP) is -3.03. The molecule has 0 aliphatic rings. The molecule has 13 heavy (non-hydrogen) atoms. The van der Waals surface area contributed by atoms with Crippen LogP contribution in [0.3, 0.4) is 0 Å². The first kappa shape index (κ1) is 12.1. The van der Waals surface area contributed by atoms with Crippen LogP contribution in [0.25, 0.3) is 0 Å². The SMILES string of the molecule is CC(C)c1nccnc1C(=O)[O-].[Li+]. The van der Waals surface area contributed by atoms with E-state index in [4.69, 9.17) is 0 Å². The van der Waals surface area contributed by atoms with Gasteiger partial charge in [-0.2, -0.15) is 0 Å². The maximum atomic E-state index is 10.5. The Labute approximate surface area is 88.6 Å². The van der Waals surface area contributed by atoms with Gasteiger partial charge in [-0.15, -0.1) is 0 Å². The zero-order valence-electron chi connectivity index (χ0n) is 7.94. The van der Waals surface area contributed by atoms with Gasteiger partial charge in [-0.25, -0.2) is 0 Å². The van der Waals surface area contributed by atoms with E-state index in [1.165, 1.54) is 12.4 Å². The monoisotopic (exact) mass is 172 g/mol. The first-order chi connectivity index (χ1) is 5.63. The molecule has 1 aromatic heterocycles. The molecule has 64 valence electrons. The Hall–Kier alpha value is -0.853. The van der Waals surface area contributed by atoms with Crippen LogP contribution in [-0.4, -0.2) is 15.9 Å². The number of aromatic carboxylic acids is 1. The van der Waals surface area contributed by atoms with Crippen molar-refractivity contribution in [3.8, 4) is 0 Å². The first-order valence-electron chi connectivity index (χ1n) is 3.65. The number of hydrogen-bond acceptors (Lipinski definition) is 4. The molecule has 0 spiro atoms. The molecule has 4 nitrogen and oxygen atoms in total. The second kappa shape index (κ2) is 5.00. The molecular weight excluding hydrogens is 163 g/mol. The fourth-order valence-electron chi connectivity index (χ4n) is 0.929. The first-order valence-corrected chi connectivity index (χ1v) is 3.65. The third-order valence-corrected chi connectivity index (χ3v) is 1.47. The van der Waals surface area contributed by atoms with Gasteiger partial charge in [-0.3, -0.25) is 9.97 Å². The van der Waals surface area contributed by atoms with E-state index in [1.807, 2.05) is 13.8 Å². The minimum absolute atomic E-state index is 0. The van der Waals surface area contributed by atoms with Gasteiger partial charge in [0, 0.05) is 12.4 Å². The second-order valence-electron chi connectivity index (χ2n) is 2.73. The van der Waals surface area contributed by atoms with Gasteiger partial charge in [-0.05, 0) is 5.92 Å². The normalized spacial score (nSPS) is 9.46. The van der Waals surface area contributed by atoms with Gasteiger partial charge in [0.2, 0.25) is 0 Å². The smallest absolute Gasteiger partial charge is 0.543 e. The van der Waals surface area contributed by atoms with E-state index in [1.54, 1.807) is 0 Å². The van der Waals surface area contributed by atoms with E-state index in [0.717, 1.165) is 0 Å². The van der Waals surface area contributed by atoms with Crippen LogP contribution in [0.2, 0.25) is 0 Å². The predicted molar refractivity (Wildman–Crippen MR) is 40.5 cm³/mol. The van der Waals surface area contributed by atoms with Gasteiger partial charge in [0.25, 0.3) is 0 Å². The van der Waals surface area contributed by atoms with E-state index in [0.29, 0.717) is 5.69 Å². The molecule has 0 aliphatic heterocycles. The second-order valence-corrected chi connectivity index (χ2v) is 2.73. The van der Waals surface area contributed by atoms with E-state index in [-0.39, 0.29) is 30.5 Å². The topological polar surface area (TPSA) is 65.9 Å². The van der Waals surface area contributed by atoms with Gasteiger partial charge in [0.15, 0.2) is 0 Å². The summed E-state index contributed by atoms with van der Waals surface area (Å²) in [6, 6.07) is 0. The molecule has 0 radical (unpaired) electrons. The number of nitrogens with zero attached hydrogens (tertiary/aromatic N) is 2. The Kier molecular flexibility index (Phi) is 4.67. The number of carbonyl (C=O) groups is 1. The number of aromatic nitrogens is 2. The van der Waals surface area contributed by atoms with Crippen molar-refractivity contribution in [2.45, 2.75) is 19.8 Å². The quantitative estimate of drug-likeness (QED) is 0.445. The average molecular weight is 172 g/mol. The van der Waals surface area contributed by atoms with Crippen molar-refractivity contribution >= 4 is 5.97 Å². The van der Waals surface area contributed by atoms with Crippen molar-refractivity contribution in [3.05, 3.63) is 23.8 Å². The Morgan fingerprint density at radius 2 is 1.92 bits per heavy atom. The average Bonchev–Trinajstić information content (AvgIpc) is 2.04. The molecule has 0 saturated heterocycles. The molecule has 1 heterocycles. The van der Waals surface area contributed by atoms with Crippen LogP contribution in [0, 0.1) is 0 Å². The molecule has 0 amide bonds. The number of carboxylic acids is 1. The third kappa shape index (κ3) is 2.83. The Balaban J connectivity index is 0.00000144. The molecule has 0 bridgehead atoms. The molecule has 0 saturated carbocycles. The standard InChI is InChI=1S/C8H10N2O2.Li/c1-5(2)6-7(8(11)12)10-4-3-9-6;/h3-5H,1-2H3,(H,11,12);/q;+1/p-1. The van der Waals surface area contributed by atoms with Gasteiger partial charge >= 0.3 is 18.9 Å². The van der Waals surface area contributed by atoms with Gasteiger partial charge in [-0.1, -0.05) is 13.8 Å². The molecule has 0 aliphatic carbocycles. The largest absolute Gasteiger partial charge is 1.00 e. The molecular formula is C8H9LiN2O2. The number of hydrogen-bond donors (Lipinski definition) is 0. The maximum absolute atomic E-state index is 10.5. The van der Waals surface area contributed by atoms with Gasteiger partial charge < -0.3 is 9.90 Å². The molecule has 0 atom stereocenters. The van der Waals surface area contributed by atoms with Crippen molar-refractivity contribution in [2.75, 3.05) is 0 Å². The van der Waals surface area contributed by atoms with Crippen LogP contribution in [0.1, 0.15) is 35.9 Å². The Morgan fingerprint density at radius 1 is 1.38 bits per heavy atom. The van der Waals surface area contributed by atoms with Crippen LogP contribution in [0.5, 0.6) is 0 Å². The Morgan fingerprint density at radius 3 is 2.31 bits per heavy atom. The molecule has 5 heteroatoms. The summed E-state index contributed by atoms with van der Waals surface area (Å²) in [5, 5.41) is 10.5. The van der Waals surface area contributed by atoms with E-state index >= 15 is 0 Å². The summed E-state index contributed by atoms with van der Waals surface area (Å²) in [4.78, 5) is 18.1. The molecule has 0 aromatic carbocycles. The van der Waals surface area contributed by atoms with Gasteiger partial charge in [0.05, 0.1) is 11.7 Å². The van der Waals surface area contributed by atoms with E-state index in [2.05, 4.69) is 9.97 Å². The maximum Gasteiger partial charge on any atom is 1.00 e. The summed E-state index contributed by atoms with van der Waals surface area (Å²) in [5.41, 5.74) is 0.407. The van der Waals surface area contributed by atoms with Crippen LogP contribution < -0.4 is 24.0 Å². The van der Waals surface area contributed by atoms with Crippen LogP contribution in [-0.2, 0) is 0 Å². The van der Waals surface area contributed by atoms with Crippen molar-refractivity contribution in [1.82, 2.24) is 9.97 Å². The van der Waals surface area contributed by atoms with Crippen molar-refractivity contribution in [2.24, 2.45) is 0 Å². The molecule has 1 rings (SSSR count). The fourth-order valence-corrected chi connectivity index (χ4v) is 0.929. The van der Waals surface area contributed by atoms with Crippen molar-refractivity contribution < 1.29 is 28.8 Å². The zero-order chi connectivity index (χ0) is 9.14. The summed E-state index contributed by atoms with van der Waals surface area (Å²) in [6.07, 6.45) is 2.82. The number of carboxylic acid groups (broad SMARTS) is 1. The minimum atomic E-state index is -1.27.